The predicted octanol–water partition coefficient (Wildman–Crippen LogP) is 1.91. The monoisotopic (exact) mass is 279 g/mol. The van der Waals surface area contributed by atoms with Gasteiger partial charge in [-0.1, -0.05) is 25.5 Å². The summed E-state index contributed by atoms with van der Waals surface area (Å²) in [5.74, 6) is -0.0541. The van der Waals surface area contributed by atoms with Gasteiger partial charge in [-0.05, 0) is 18.9 Å². The zero-order valence-corrected chi connectivity index (χ0v) is 11.9. The van der Waals surface area contributed by atoms with Gasteiger partial charge < -0.3 is 10.6 Å². The molecule has 6 heteroatoms. The van der Waals surface area contributed by atoms with Gasteiger partial charge in [-0.3, -0.25) is 14.9 Å². The molecule has 0 atom stereocenters. The molecule has 1 aromatic rings. The van der Waals surface area contributed by atoms with Crippen molar-refractivity contribution in [3.05, 3.63) is 39.4 Å². The molecule has 0 bridgehead atoms. The number of rotatable bonds is 8. The molecule has 0 spiro atoms. The highest BCUT2D eigenvalue weighted by atomic mass is 16.6. The number of nitro benzene ring substituents is 1. The molecular formula is C14H21N3O3. The molecule has 1 aromatic carbocycles. The van der Waals surface area contributed by atoms with E-state index in [0.717, 1.165) is 18.4 Å². The first-order valence-electron chi connectivity index (χ1n) is 6.76. The van der Waals surface area contributed by atoms with Crippen LogP contribution >= 0.6 is 0 Å². The van der Waals surface area contributed by atoms with Crippen LogP contribution in [0.4, 0.5) is 5.69 Å². The van der Waals surface area contributed by atoms with Crippen LogP contribution in [0.1, 0.15) is 30.9 Å². The second kappa shape index (κ2) is 8.27. The van der Waals surface area contributed by atoms with E-state index in [1.54, 1.807) is 13.0 Å². The van der Waals surface area contributed by atoms with E-state index in [0.29, 0.717) is 18.7 Å². The lowest BCUT2D eigenvalue weighted by Crippen LogP contribution is -2.34. The zero-order chi connectivity index (χ0) is 15.0. The highest BCUT2D eigenvalue weighted by Crippen LogP contribution is 2.20. The Morgan fingerprint density at radius 3 is 2.80 bits per heavy atom. The van der Waals surface area contributed by atoms with Gasteiger partial charge in [-0.2, -0.15) is 0 Å². The number of carbonyl (C=O) groups excluding carboxylic acids is 1. The quantitative estimate of drug-likeness (QED) is 0.432. The zero-order valence-electron chi connectivity index (χ0n) is 11.9. The van der Waals surface area contributed by atoms with E-state index in [9.17, 15) is 14.9 Å². The second-order valence-electron chi connectivity index (χ2n) is 4.63. The minimum atomic E-state index is -0.393. The van der Waals surface area contributed by atoms with Crippen LogP contribution in [0.25, 0.3) is 0 Å². The summed E-state index contributed by atoms with van der Waals surface area (Å²) in [6.45, 7) is 5.12. The van der Waals surface area contributed by atoms with Crippen LogP contribution in [0.5, 0.6) is 0 Å². The summed E-state index contributed by atoms with van der Waals surface area (Å²) < 4.78 is 0. The number of hydrogen-bond donors (Lipinski definition) is 2. The van der Waals surface area contributed by atoms with Crippen LogP contribution in [0, 0.1) is 17.0 Å². The maximum Gasteiger partial charge on any atom is 0.272 e. The van der Waals surface area contributed by atoms with Crippen molar-refractivity contribution >= 4 is 11.6 Å². The third kappa shape index (κ3) is 4.97. The molecule has 0 aliphatic heterocycles. The molecule has 0 saturated carbocycles. The van der Waals surface area contributed by atoms with E-state index in [1.165, 1.54) is 6.07 Å². The predicted molar refractivity (Wildman–Crippen MR) is 77.5 cm³/mol. The molecule has 1 rings (SSSR count). The highest BCUT2D eigenvalue weighted by molar-refractivity contribution is 5.77. The maximum atomic E-state index is 11.5. The molecule has 0 saturated heterocycles. The fraction of sp³-hybridized carbons (Fsp3) is 0.500. The number of nitro groups is 1. The third-order valence-electron chi connectivity index (χ3n) is 3.07. The number of nitrogens with one attached hydrogen (secondary N) is 2. The summed E-state index contributed by atoms with van der Waals surface area (Å²) in [6.07, 6.45) is 2.01. The van der Waals surface area contributed by atoms with E-state index in [1.807, 2.05) is 6.07 Å². The van der Waals surface area contributed by atoms with E-state index in [2.05, 4.69) is 17.6 Å². The Morgan fingerprint density at radius 2 is 2.15 bits per heavy atom. The van der Waals surface area contributed by atoms with Crippen molar-refractivity contribution in [2.45, 2.75) is 33.2 Å². The molecule has 20 heavy (non-hydrogen) atoms. The molecule has 0 aliphatic carbocycles. The lowest BCUT2D eigenvalue weighted by Gasteiger charge is -2.08. The molecule has 0 aliphatic rings. The summed E-state index contributed by atoms with van der Waals surface area (Å²) in [5, 5.41) is 16.6. The van der Waals surface area contributed by atoms with E-state index in [-0.39, 0.29) is 18.1 Å². The molecule has 0 radical (unpaired) electrons. The number of unbranched alkanes of at least 4 members (excludes halogenated alkanes) is 1. The first-order chi connectivity index (χ1) is 9.56. The Labute approximate surface area is 118 Å². The molecule has 1 amide bonds. The van der Waals surface area contributed by atoms with Crippen LogP contribution < -0.4 is 10.6 Å². The molecule has 110 valence electrons. The summed E-state index contributed by atoms with van der Waals surface area (Å²) in [6, 6.07) is 4.96. The van der Waals surface area contributed by atoms with Crippen LogP contribution in [0.3, 0.4) is 0 Å². The summed E-state index contributed by atoms with van der Waals surface area (Å²) in [4.78, 5) is 21.9. The lowest BCUT2D eigenvalue weighted by atomic mass is 10.1. The van der Waals surface area contributed by atoms with Crippen molar-refractivity contribution in [3.8, 4) is 0 Å². The fourth-order valence-electron chi connectivity index (χ4n) is 1.84. The van der Waals surface area contributed by atoms with E-state index < -0.39 is 4.92 Å². The first kappa shape index (κ1) is 16.1. The van der Waals surface area contributed by atoms with E-state index in [4.69, 9.17) is 0 Å². The van der Waals surface area contributed by atoms with Gasteiger partial charge in [0, 0.05) is 24.7 Å². The van der Waals surface area contributed by atoms with Gasteiger partial charge in [-0.15, -0.1) is 0 Å². The third-order valence-corrected chi connectivity index (χ3v) is 3.07. The molecule has 0 fully saturated rings. The Hall–Kier alpha value is -1.95. The summed E-state index contributed by atoms with van der Waals surface area (Å²) in [7, 11) is 0. The lowest BCUT2D eigenvalue weighted by molar-refractivity contribution is -0.385. The van der Waals surface area contributed by atoms with Crippen molar-refractivity contribution in [1.82, 2.24) is 10.6 Å². The van der Waals surface area contributed by atoms with Gasteiger partial charge in [-0.25, -0.2) is 0 Å². The molecule has 0 unspecified atom stereocenters. The number of hydrogen-bond acceptors (Lipinski definition) is 4. The topological polar surface area (TPSA) is 84.3 Å². The Kier molecular flexibility index (Phi) is 6.66. The van der Waals surface area contributed by atoms with Crippen LogP contribution in [-0.2, 0) is 11.3 Å². The van der Waals surface area contributed by atoms with Gasteiger partial charge in [0.15, 0.2) is 0 Å². The normalized spacial score (nSPS) is 10.3. The SMILES string of the molecule is CCCCNC(=O)CNCc1cccc([N+](=O)[O-])c1C. The largest absolute Gasteiger partial charge is 0.355 e. The van der Waals surface area contributed by atoms with Gasteiger partial charge in [0.05, 0.1) is 11.5 Å². The van der Waals surface area contributed by atoms with Crippen molar-refractivity contribution in [1.29, 1.82) is 0 Å². The van der Waals surface area contributed by atoms with Crippen molar-refractivity contribution in [2.75, 3.05) is 13.1 Å². The second-order valence-corrected chi connectivity index (χ2v) is 4.63. The standard InChI is InChI=1S/C14H21N3O3/c1-3-4-8-16-14(18)10-15-9-12-6-5-7-13(11(12)2)17(19)20/h5-7,15H,3-4,8-10H2,1-2H3,(H,16,18). The molecule has 0 heterocycles. The van der Waals surface area contributed by atoms with Gasteiger partial charge in [0.1, 0.15) is 0 Å². The highest BCUT2D eigenvalue weighted by Gasteiger charge is 2.12. The van der Waals surface area contributed by atoms with Crippen LogP contribution in [0.15, 0.2) is 18.2 Å². The average molecular weight is 279 g/mol. The van der Waals surface area contributed by atoms with Crippen LogP contribution in [0.2, 0.25) is 0 Å². The van der Waals surface area contributed by atoms with Gasteiger partial charge >= 0.3 is 0 Å². The summed E-state index contributed by atoms with van der Waals surface area (Å²) >= 11 is 0. The van der Waals surface area contributed by atoms with E-state index >= 15 is 0 Å². The Bertz CT molecular complexity index is 475. The fourth-order valence-corrected chi connectivity index (χ4v) is 1.84. The smallest absolute Gasteiger partial charge is 0.272 e. The number of carbonyl (C=O) groups is 1. The molecule has 6 nitrogen and oxygen atoms in total. The number of amides is 1. The Morgan fingerprint density at radius 1 is 1.40 bits per heavy atom. The molecule has 2 N–H and O–H groups in total. The van der Waals surface area contributed by atoms with Crippen molar-refractivity contribution < 1.29 is 9.72 Å². The Balaban J connectivity index is 2.44. The van der Waals surface area contributed by atoms with Gasteiger partial charge in [0.2, 0.25) is 5.91 Å². The maximum absolute atomic E-state index is 11.5. The number of nitrogens with zero attached hydrogens (tertiary/aromatic N) is 1. The summed E-state index contributed by atoms with van der Waals surface area (Å²) in [5.41, 5.74) is 1.58. The minimum Gasteiger partial charge on any atom is -0.355 e. The van der Waals surface area contributed by atoms with Crippen molar-refractivity contribution in [2.24, 2.45) is 0 Å². The molecule has 0 aromatic heterocycles. The first-order valence-corrected chi connectivity index (χ1v) is 6.76. The average Bonchev–Trinajstić information content (AvgIpc) is 2.40. The number of benzene rings is 1. The van der Waals surface area contributed by atoms with Gasteiger partial charge in [0.25, 0.3) is 5.69 Å². The minimum absolute atomic E-state index is 0.0541. The van der Waals surface area contributed by atoms with Crippen LogP contribution in [-0.4, -0.2) is 23.9 Å². The van der Waals surface area contributed by atoms with Crippen molar-refractivity contribution in [3.63, 3.8) is 0 Å². The molecular weight excluding hydrogens is 258 g/mol.